The second-order valence-electron chi connectivity index (χ2n) is 7.60. The molecule has 1 aromatic heterocycles. The summed E-state index contributed by atoms with van der Waals surface area (Å²) in [6, 6.07) is 9.78. The first-order chi connectivity index (χ1) is 14.3. The lowest BCUT2D eigenvalue weighted by molar-refractivity contribution is -0.121. The van der Waals surface area contributed by atoms with Crippen LogP contribution in [0.5, 0.6) is 0 Å². The second kappa shape index (κ2) is 11.9. The third-order valence-electron chi connectivity index (χ3n) is 5.09. The van der Waals surface area contributed by atoms with E-state index in [4.69, 9.17) is 16.3 Å². The molecule has 1 aromatic carbocycles. The number of aromatic nitrogens is 1. The van der Waals surface area contributed by atoms with Crippen molar-refractivity contribution in [1.29, 1.82) is 0 Å². The number of likely N-dealkylation sites (N-methyl/N-ethyl adjacent to an activating group) is 1. The molecule has 0 bridgehead atoms. The summed E-state index contributed by atoms with van der Waals surface area (Å²) in [7, 11) is 3.42. The van der Waals surface area contributed by atoms with E-state index in [1.807, 2.05) is 44.2 Å². The van der Waals surface area contributed by atoms with Crippen molar-refractivity contribution < 1.29 is 14.3 Å². The highest BCUT2D eigenvalue weighted by molar-refractivity contribution is 6.30. The van der Waals surface area contributed by atoms with Gasteiger partial charge < -0.3 is 14.6 Å². The van der Waals surface area contributed by atoms with Gasteiger partial charge in [-0.1, -0.05) is 23.7 Å². The standard InChI is InChI=1S/C23H32ClN3O3/c1-17-14-21(18(2)27(17)12-10-19-6-8-20(24)9-7-19)22(28)15-26(3)16-23(29)25-11-5-13-30-4/h6-9,14H,5,10-13,15-16H2,1-4H3,(H,25,29). The minimum atomic E-state index is -0.0881. The number of Topliss-reactive ketones (excluding diaryl/α,β-unsaturated/α-hetero) is 1. The first kappa shape index (κ1) is 24.1. The molecule has 0 saturated carbocycles. The molecule has 7 heteroatoms. The molecule has 0 spiro atoms. The van der Waals surface area contributed by atoms with Crippen LogP contribution in [0.15, 0.2) is 30.3 Å². The fourth-order valence-electron chi connectivity index (χ4n) is 3.45. The summed E-state index contributed by atoms with van der Waals surface area (Å²) in [5.41, 5.74) is 3.94. The number of methoxy groups -OCH3 is 1. The highest BCUT2D eigenvalue weighted by Gasteiger charge is 2.18. The Morgan fingerprint density at radius 3 is 2.53 bits per heavy atom. The SMILES string of the molecule is COCCCNC(=O)CN(C)CC(=O)c1cc(C)n(CCc2ccc(Cl)cc2)c1C. The van der Waals surface area contributed by atoms with Crippen LogP contribution in [0.2, 0.25) is 5.02 Å². The van der Waals surface area contributed by atoms with Gasteiger partial charge in [-0.05, 0) is 57.5 Å². The van der Waals surface area contributed by atoms with Crippen LogP contribution in [-0.4, -0.2) is 61.6 Å². The van der Waals surface area contributed by atoms with Gasteiger partial charge >= 0.3 is 0 Å². The van der Waals surface area contributed by atoms with Crippen LogP contribution in [0, 0.1) is 13.8 Å². The summed E-state index contributed by atoms with van der Waals surface area (Å²) in [4.78, 5) is 26.5. The number of ketones is 1. The highest BCUT2D eigenvalue weighted by Crippen LogP contribution is 2.18. The van der Waals surface area contributed by atoms with Crippen LogP contribution in [0.3, 0.4) is 0 Å². The number of carbonyl (C=O) groups is 2. The second-order valence-corrected chi connectivity index (χ2v) is 8.04. The third-order valence-corrected chi connectivity index (χ3v) is 5.34. The number of carbonyl (C=O) groups excluding carboxylic acids is 2. The smallest absolute Gasteiger partial charge is 0.234 e. The van der Waals surface area contributed by atoms with Crippen LogP contribution in [0.4, 0.5) is 0 Å². The minimum Gasteiger partial charge on any atom is -0.385 e. The van der Waals surface area contributed by atoms with Gasteiger partial charge in [-0.15, -0.1) is 0 Å². The zero-order valence-electron chi connectivity index (χ0n) is 18.3. The van der Waals surface area contributed by atoms with E-state index in [0.717, 1.165) is 41.4 Å². The first-order valence-electron chi connectivity index (χ1n) is 10.2. The van der Waals surface area contributed by atoms with Crippen molar-refractivity contribution in [2.24, 2.45) is 0 Å². The third kappa shape index (κ3) is 7.27. The largest absolute Gasteiger partial charge is 0.385 e. The van der Waals surface area contributed by atoms with Gasteiger partial charge in [0, 0.05) is 48.8 Å². The molecule has 1 amide bonds. The maximum Gasteiger partial charge on any atom is 0.234 e. The minimum absolute atomic E-state index is 0.0236. The molecular formula is C23H32ClN3O3. The summed E-state index contributed by atoms with van der Waals surface area (Å²) in [5.74, 6) is -0.0645. The van der Waals surface area contributed by atoms with Crippen molar-refractivity contribution >= 4 is 23.3 Å². The van der Waals surface area contributed by atoms with Gasteiger partial charge in [0.15, 0.2) is 5.78 Å². The number of nitrogens with zero attached hydrogens (tertiary/aromatic N) is 2. The lowest BCUT2D eigenvalue weighted by Crippen LogP contribution is -2.38. The van der Waals surface area contributed by atoms with Crippen LogP contribution in [0.25, 0.3) is 0 Å². The van der Waals surface area contributed by atoms with Gasteiger partial charge in [-0.3, -0.25) is 14.5 Å². The van der Waals surface area contributed by atoms with Crippen LogP contribution >= 0.6 is 11.6 Å². The van der Waals surface area contributed by atoms with Crippen molar-refractivity contribution in [1.82, 2.24) is 14.8 Å². The van der Waals surface area contributed by atoms with Gasteiger partial charge in [-0.2, -0.15) is 0 Å². The molecule has 2 aromatic rings. The van der Waals surface area contributed by atoms with Crippen molar-refractivity contribution in [3.8, 4) is 0 Å². The fourth-order valence-corrected chi connectivity index (χ4v) is 3.58. The molecule has 164 valence electrons. The quantitative estimate of drug-likeness (QED) is 0.412. The van der Waals surface area contributed by atoms with Gasteiger partial charge in [0.05, 0.1) is 13.1 Å². The predicted octanol–water partition coefficient (Wildman–Crippen LogP) is 3.27. The molecule has 1 N–H and O–H groups in total. The molecule has 0 saturated heterocycles. The maximum absolute atomic E-state index is 12.8. The normalized spacial score (nSPS) is 11.1. The van der Waals surface area contributed by atoms with E-state index in [1.54, 1.807) is 19.1 Å². The molecule has 30 heavy (non-hydrogen) atoms. The fraction of sp³-hybridized carbons (Fsp3) is 0.478. The Morgan fingerprint density at radius 2 is 1.87 bits per heavy atom. The molecular weight excluding hydrogens is 402 g/mol. The number of nitrogens with one attached hydrogen (secondary N) is 1. The van der Waals surface area contributed by atoms with E-state index in [0.29, 0.717) is 13.2 Å². The molecule has 0 fully saturated rings. The topological polar surface area (TPSA) is 63.6 Å². The molecule has 0 atom stereocenters. The molecule has 1 heterocycles. The van der Waals surface area contributed by atoms with E-state index in [-0.39, 0.29) is 24.8 Å². The van der Waals surface area contributed by atoms with Gasteiger partial charge in [0.1, 0.15) is 0 Å². The monoisotopic (exact) mass is 433 g/mol. The number of benzene rings is 1. The Kier molecular flexibility index (Phi) is 9.56. The lowest BCUT2D eigenvalue weighted by Gasteiger charge is -2.16. The highest BCUT2D eigenvalue weighted by atomic mass is 35.5. The number of hydrogen-bond donors (Lipinski definition) is 1. The van der Waals surface area contributed by atoms with E-state index < -0.39 is 0 Å². The lowest BCUT2D eigenvalue weighted by atomic mass is 10.1. The van der Waals surface area contributed by atoms with Crippen LogP contribution < -0.4 is 5.32 Å². The van der Waals surface area contributed by atoms with Gasteiger partial charge in [-0.25, -0.2) is 0 Å². The Balaban J connectivity index is 1.90. The average Bonchev–Trinajstić information content (AvgIpc) is 2.98. The van der Waals surface area contributed by atoms with E-state index in [2.05, 4.69) is 9.88 Å². The molecule has 0 aliphatic carbocycles. The Hall–Kier alpha value is -2.15. The van der Waals surface area contributed by atoms with Crippen molar-refractivity contribution in [3.63, 3.8) is 0 Å². The molecule has 0 radical (unpaired) electrons. The Morgan fingerprint density at radius 1 is 1.17 bits per heavy atom. The number of hydrogen-bond acceptors (Lipinski definition) is 4. The average molecular weight is 434 g/mol. The summed E-state index contributed by atoms with van der Waals surface area (Å²) in [5, 5.41) is 3.57. The zero-order valence-corrected chi connectivity index (χ0v) is 19.1. The number of rotatable bonds is 12. The number of aryl methyl sites for hydroxylation is 2. The molecule has 0 aliphatic heterocycles. The van der Waals surface area contributed by atoms with Crippen LogP contribution in [-0.2, 0) is 22.5 Å². The molecule has 6 nitrogen and oxygen atoms in total. The van der Waals surface area contributed by atoms with E-state index >= 15 is 0 Å². The molecule has 0 unspecified atom stereocenters. The van der Waals surface area contributed by atoms with Crippen molar-refractivity contribution in [3.05, 3.63) is 57.9 Å². The molecule has 0 aliphatic rings. The van der Waals surface area contributed by atoms with Crippen LogP contribution in [0.1, 0.15) is 33.7 Å². The zero-order chi connectivity index (χ0) is 22.1. The number of halogens is 1. The van der Waals surface area contributed by atoms with E-state index in [1.165, 1.54) is 5.56 Å². The Bertz CT molecular complexity index is 846. The summed E-state index contributed by atoms with van der Waals surface area (Å²) >= 11 is 5.95. The summed E-state index contributed by atoms with van der Waals surface area (Å²) < 4.78 is 7.13. The summed E-state index contributed by atoms with van der Waals surface area (Å²) in [6.07, 6.45) is 1.64. The number of ether oxygens (including phenoxy) is 1. The van der Waals surface area contributed by atoms with Crippen molar-refractivity contribution in [2.75, 3.05) is 40.4 Å². The Labute approximate surface area is 184 Å². The first-order valence-corrected chi connectivity index (χ1v) is 10.6. The van der Waals surface area contributed by atoms with Gasteiger partial charge in [0.25, 0.3) is 0 Å². The van der Waals surface area contributed by atoms with E-state index in [9.17, 15) is 9.59 Å². The van der Waals surface area contributed by atoms with Crippen molar-refractivity contribution in [2.45, 2.75) is 33.2 Å². The molecule has 2 rings (SSSR count). The predicted molar refractivity (Wildman–Crippen MR) is 120 cm³/mol. The van der Waals surface area contributed by atoms with Gasteiger partial charge in [0.2, 0.25) is 5.91 Å². The summed E-state index contributed by atoms with van der Waals surface area (Å²) in [6.45, 7) is 6.37. The maximum atomic E-state index is 12.8. The number of amides is 1.